The smallest absolute Gasteiger partial charge is 0.123 e. The van der Waals surface area contributed by atoms with Crippen molar-refractivity contribution in [3.8, 4) is 5.75 Å². The first-order valence-corrected chi connectivity index (χ1v) is 7.78. The molecule has 0 spiro atoms. The average molecular weight is 384 g/mol. The van der Waals surface area contributed by atoms with Crippen molar-refractivity contribution in [2.45, 2.75) is 18.7 Å². The van der Waals surface area contributed by atoms with Crippen molar-refractivity contribution in [1.29, 1.82) is 0 Å². The Morgan fingerprint density at radius 3 is 2.37 bits per heavy atom. The predicted molar refractivity (Wildman–Crippen MR) is 87.4 cm³/mol. The van der Waals surface area contributed by atoms with Gasteiger partial charge in [0.05, 0.1) is 11.9 Å². The molecule has 0 bridgehead atoms. The molecule has 0 aromatic heterocycles. The van der Waals surface area contributed by atoms with Crippen LogP contribution < -0.4 is 4.74 Å². The second kappa shape index (κ2) is 6.10. The molecule has 3 heteroatoms. The first kappa shape index (κ1) is 14.6. The second-order valence-electron chi connectivity index (χ2n) is 4.59. The van der Waals surface area contributed by atoms with Crippen molar-refractivity contribution in [2.24, 2.45) is 0 Å². The number of methoxy groups -OCH3 is 1. The molecule has 2 aromatic rings. The van der Waals surface area contributed by atoms with E-state index in [1.807, 2.05) is 12.1 Å². The van der Waals surface area contributed by atoms with Crippen LogP contribution in [0.15, 0.2) is 40.9 Å². The van der Waals surface area contributed by atoms with E-state index in [1.165, 1.54) is 16.7 Å². The van der Waals surface area contributed by atoms with Crippen molar-refractivity contribution in [3.05, 3.63) is 63.1 Å². The average Bonchev–Trinajstić information content (AvgIpc) is 2.41. The SMILES string of the molecule is COc1ccc(Br)cc1C(Br)c1ccc(C)c(C)c1. The van der Waals surface area contributed by atoms with Gasteiger partial charge in [-0.2, -0.15) is 0 Å². The van der Waals surface area contributed by atoms with E-state index in [4.69, 9.17) is 4.74 Å². The summed E-state index contributed by atoms with van der Waals surface area (Å²) in [5, 5.41) is 0. The van der Waals surface area contributed by atoms with Crippen molar-refractivity contribution in [1.82, 2.24) is 0 Å². The molecule has 0 saturated heterocycles. The van der Waals surface area contributed by atoms with Gasteiger partial charge < -0.3 is 4.74 Å². The standard InChI is InChI=1S/C16H16Br2O/c1-10-4-5-12(8-11(10)2)16(18)14-9-13(17)6-7-15(14)19-3/h4-9,16H,1-3H3. The van der Waals surface area contributed by atoms with Gasteiger partial charge >= 0.3 is 0 Å². The molecule has 0 heterocycles. The molecular weight excluding hydrogens is 368 g/mol. The van der Waals surface area contributed by atoms with E-state index in [1.54, 1.807) is 7.11 Å². The van der Waals surface area contributed by atoms with E-state index in [0.717, 1.165) is 15.8 Å². The van der Waals surface area contributed by atoms with Crippen molar-refractivity contribution < 1.29 is 4.74 Å². The predicted octanol–water partition coefficient (Wildman–Crippen LogP) is 5.56. The Bertz CT molecular complexity index is 593. The molecule has 0 aliphatic heterocycles. The summed E-state index contributed by atoms with van der Waals surface area (Å²) in [6.07, 6.45) is 0. The highest BCUT2D eigenvalue weighted by atomic mass is 79.9. The van der Waals surface area contributed by atoms with Crippen molar-refractivity contribution >= 4 is 31.9 Å². The van der Waals surface area contributed by atoms with Gasteiger partial charge in [-0.25, -0.2) is 0 Å². The van der Waals surface area contributed by atoms with Crippen LogP contribution in [0.25, 0.3) is 0 Å². The zero-order valence-electron chi connectivity index (χ0n) is 11.2. The molecule has 0 N–H and O–H groups in total. The summed E-state index contributed by atoms with van der Waals surface area (Å²) in [6.45, 7) is 4.26. The fourth-order valence-electron chi connectivity index (χ4n) is 2.01. The van der Waals surface area contributed by atoms with Crippen LogP contribution in [0, 0.1) is 13.8 Å². The summed E-state index contributed by atoms with van der Waals surface area (Å²) in [4.78, 5) is 0.124. The minimum absolute atomic E-state index is 0.124. The molecule has 19 heavy (non-hydrogen) atoms. The van der Waals surface area contributed by atoms with Gasteiger partial charge in [0.15, 0.2) is 0 Å². The molecule has 1 atom stereocenters. The molecule has 2 aromatic carbocycles. The normalized spacial score (nSPS) is 12.3. The van der Waals surface area contributed by atoms with Crippen LogP contribution in [-0.2, 0) is 0 Å². The van der Waals surface area contributed by atoms with Gasteiger partial charge in [-0.3, -0.25) is 0 Å². The van der Waals surface area contributed by atoms with Crippen LogP contribution in [0.3, 0.4) is 0 Å². The molecule has 2 rings (SSSR count). The first-order valence-electron chi connectivity index (χ1n) is 6.07. The number of hydrogen-bond acceptors (Lipinski definition) is 1. The zero-order valence-corrected chi connectivity index (χ0v) is 14.4. The van der Waals surface area contributed by atoms with E-state index in [-0.39, 0.29) is 4.83 Å². The van der Waals surface area contributed by atoms with Gasteiger partial charge in [-0.15, -0.1) is 0 Å². The lowest BCUT2D eigenvalue weighted by molar-refractivity contribution is 0.410. The Morgan fingerprint density at radius 2 is 1.74 bits per heavy atom. The van der Waals surface area contributed by atoms with Crippen LogP contribution in [0.5, 0.6) is 5.75 Å². The van der Waals surface area contributed by atoms with Gasteiger partial charge in [-0.1, -0.05) is 50.1 Å². The van der Waals surface area contributed by atoms with Crippen LogP contribution in [0.1, 0.15) is 27.1 Å². The monoisotopic (exact) mass is 382 g/mol. The quantitative estimate of drug-likeness (QED) is 0.630. The third-order valence-electron chi connectivity index (χ3n) is 3.29. The van der Waals surface area contributed by atoms with Crippen molar-refractivity contribution in [2.75, 3.05) is 7.11 Å². The summed E-state index contributed by atoms with van der Waals surface area (Å²) in [5.41, 5.74) is 4.97. The number of alkyl halides is 1. The van der Waals surface area contributed by atoms with Crippen molar-refractivity contribution in [3.63, 3.8) is 0 Å². The molecule has 0 aliphatic carbocycles. The van der Waals surface area contributed by atoms with Gasteiger partial charge in [0.1, 0.15) is 5.75 Å². The van der Waals surface area contributed by atoms with Gasteiger partial charge in [-0.05, 0) is 48.7 Å². The Balaban J connectivity index is 2.45. The zero-order chi connectivity index (χ0) is 14.0. The highest BCUT2D eigenvalue weighted by molar-refractivity contribution is 9.10. The van der Waals surface area contributed by atoms with E-state index >= 15 is 0 Å². The molecule has 0 saturated carbocycles. The maximum atomic E-state index is 5.45. The van der Waals surface area contributed by atoms with Gasteiger partial charge in [0, 0.05) is 10.0 Å². The van der Waals surface area contributed by atoms with E-state index in [9.17, 15) is 0 Å². The first-order chi connectivity index (χ1) is 9.02. The fourth-order valence-corrected chi connectivity index (χ4v) is 3.03. The van der Waals surface area contributed by atoms with E-state index < -0.39 is 0 Å². The summed E-state index contributed by atoms with van der Waals surface area (Å²) in [6, 6.07) is 12.6. The number of aryl methyl sites for hydroxylation is 2. The molecule has 0 amide bonds. The summed E-state index contributed by atoms with van der Waals surface area (Å²) in [5.74, 6) is 0.892. The van der Waals surface area contributed by atoms with Gasteiger partial charge in [0.2, 0.25) is 0 Å². The van der Waals surface area contributed by atoms with Crippen LogP contribution in [-0.4, -0.2) is 7.11 Å². The summed E-state index contributed by atoms with van der Waals surface area (Å²) < 4.78 is 6.50. The highest BCUT2D eigenvalue weighted by Crippen LogP contribution is 2.38. The van der Waals surface area contributed by atoms with Crippen LogP contribution in [0.4, 0.5) is 0 Å². The third kappa shape index (κ3) is 3.21. The second-order valence-corrected chi connectivity index (χ2v) is 6.42. The number of benzene rings is 2. The lowest BCUT2D eigenvalue weighted by Gasteiger charge is -2.16. The molecule has 100 valence electrons. The third-order valence-corrected chi connectivity index (χ3v) is 4.80. The lowest BCUT2D eigenvalue weighted by Crippen LogP contribution is -1.98. The molecule has 1 nitrogen and oxygen atoms in total. The Hall–Kier alpha value is -0.800. The number of ether oxygens (including phenoxy) is 1. The molecule has 0 aliphatic rings. The Labute approximate surface area is 131 Å². The molecule has 1 unspecified atom stereocenters. The Morgan fingerprint density at radius 1 is 1.00 bits per heavy atom. The number of hydrogen-bond donors (Lipinski definition) is 0. The largest absolute Gasteiger partial charge is 0.496 e. The summed E-state index contributed by atoms with van der Waals surface area (Å²) >= 11 is 7.29. The number of rotatable bonds is 3. The minimum Gasteiger partial charge on any atom is -0.496 e. The molecular formula is C16H16Br2O. The number of halogens is 2. The summed E-state index contributed by atoms with van der Waals surface area (Å²) in [7, 11) is 1.70. The Kier molecular flexibility index (Phi) is 4.69. The van der Waals surface area contributed by atoms with E-state index in [0.29, 0.717) is 0 Å². The van der Waals surface area contributed by atoms with Crippen LogP contribution in [0.2, 0.25) is 0 Å². The maximum Gasteiger partial charge on any atom is 0.123 e. The van der Waals surface area contributed by atoms with Crippen LogP contribution >= 0.6 is 31.9 Å². The highest BCUT2D eigenvalue weighted by Gasteiger charge is 2.16. The fraction of sp³-hybridized carbons (Fsp3) is 0.250. The maximum absolute atomic E-state index is 5.45. The molecule has 0 radical (unpaired) electrons. The topological polar surface area (TPSA) is 9.23 Å². The molecule has 0 fully saturated rings. The lowest BCUT2D eigenvalue weighted by atomic mass is 10.00. The minimum atomic E-state index is 0.124. The van der Waals surface area contributed by atoms with E-state index in [2.05, 4.69) is 70.0 Å². The van der Waals surface area contributed by atoms with Gasteiger partial charge in [0.25, 0.3) is 0 Å².